The Bertz CT molecular complexity index is 559. The van der Waals surface area contributed by atoms with Gasteiger partial charge < -0.3 is 15.0 Å². The predicted molar refractivity (Wildman–Crippen MR) is 75.0 cm³/mol. The molecular weight excluding hydrogens is 256 g/mol. The quantitative estimate of drug-likeness (QED) is 0.870. The molecular formula is C15H20N2O3. The van der Waals surface area contributed by atoms with Crippen LogP contribution in [0, 0.1) is 0 Å². The molecule has 1 saturated heterocycles. The minimum Gasteiger partial charge on any atom is -0.376 e. The molecule has 1 aromatic rings. The van der Waals surface area contributed by atoms with E-state index < -0.39 is 0 Å². The maximum absolute atomic E-state index is 12.1. The fraction of sp³-hybridized carbons (Fsp3) is 0.600. The largest absolute Gasteiger partial charge is 0.376 e. The lowest BCUT2D eigenvalue weighted by Gasteiger charge is -2.16. The molecule has 1 amide bonds. The number of hydrogen-bond donors (Lipinski definition) is 2. The lowest BCUT2D eigenvalue weighted by Crippen LogP contribution is -2.35. The van der Waals surface area contributed by atoms with Crippen molar-refractivity contribution in [2.75, 3.05) is 13.2 Å². The van der Waals surface area contributed by atoms with Crippen molar-refractivity contribution < 1.29 is 9.53 Å². The van der Waals surface area contributed by atoms with Gasteiger partial charge in [0.2, 0.25) is 0 Å². The monoisotopic (exact) mass is 276 g/mol. The highest BCUT2D eigenvalue weighted by molar-refractivity contribution is 5.94. The molecule has 2 N–H and O–H groups in total. The number of aromatic amines is 1. The van der Waals surface area contributed by atoms with Crippen molar-refractivity contribution in [2.24, 2.45) is 0 Å². The number of fused-ring (bicyclic) bond motifs is 1. The topological polar surface area (TPSA) is 71.2 Å². The Hall–Kier alpha value is -1.62. The lowest BCUT2D eigenvalue weighted by atomic mass is 9.95. The molecule has 1 atom stereocenters. The van der Waals surface area contributed by atoms with E-state index in [9.17, 15) is 9.59 Å². The summed E-state index contributed by atoms with van der Waals surface area (Å²) in [4.78, 5) is 27.0. The number of nitrogens with one attached hydrogen (secondary N) is 2. The average Bonchev–Trinajstić information content (AvgIpc) is 2.97. The standard InChI is InChI=1S/C15H20N2O3/c18-14(16-9-11-5-3-7-20-11)12-8-10-4-1-2-6-13(10)17-15(12)19/h8,11H,1-7,9H2,(H,16,18)(H,17,19)/t11-/m0/s1. The third-order valence-electron chi connectivity index (χ3n) is 4.10. The second kappa shape index (κ2) is 5.79. The summed E-state index contributed by atoms with van der Waals surface area (Å²) in [5.41, 5.74) is 2.05. The van der Waals surface area contributed by atoms with Crippen LogP contribution in [0.3, 0.4) is 0 Å². The van der Waals surface area contributed by atoms with Gasteiger partial charge in [0.1, 0.15) is 5.56 Å². The fourth-order valence-electron chi connectivity index (χ4n) is 2.95. The number of aromatic nitrogens is 1. The minimum atomic E-state index is -0.296. The van der Waals surface area contributed by atoms with Crippen molar-refractivity contribution in [1.29, 1.82) is 0 Å². The number of rotatable bonds is 3. The SMILES string of the molecule is O=C(NC[C@@H]1CCCO1)c1cc2c([nH]c1=O)CCCC2. The van der Waals surface area contributed by atoms with Gasteiger partial charge in [-0.05, 0) is 50.2 Å². The molecule has 0 aromatic carbocycles. The van der Waals surface area contributed by atoms with Crippen molar-refractivity contribution >= 4 is 5.91 Å². The summed E-state index contributed by atoms with van der Waals surface area (Å²) in [6.45, 7) is 1.25. The van der Waals surface area contributed by atoms with E-state index >= 15 is 0 Å². The number of carbonyl (C=O) groups excluding carboxylic acids is 1. The molecule has 2 heterocycles. The summed E-state index contributed by atoms with van der Waals surface area (Å²) in [5, 5.41) is 2.80. The zero-order valence-corrected chi connectivity index (χ0v) is 11.5. The summed E-state index contributed by atoms with van der Waals surface area (Å²) in [5.74, 6) is -0.296. The van der Waals surface area contributed by atoms with Gasteiger partial charge in [0.25, 0.3) is 11.5 Å². The van der Waals surface area contributed by atoms with Crippen LogP contribution in [0.4, 0.5) is 0 Å². The van der Waals surface area contributed by atoms with E-state index in [-0.39, 0.29) is 23.1 Å². The molecule has 0 spiro atoms. The Balaban J connectivity index is 1.72. The van der Waals surface area contributed by atoms with Gasteiger partial charge in [0, 0.05) is 18.8 Å². The average molecular weight is 276 g/mol. The number of amides is 1. The molecule has 5 heteroatoms. The van der Waals surface area contributed by atoms with Crippen LogP contribution in [0.25, 0.3) is 0 Å². The normalized spacial score (nSPS) is 21.5. The zero-order chi connectivity index (χ0) is 13.9. The van der Waals surface area contributed by atoms with Crippen molar-refractivity contribution in [3.05, 3.63) is 33.2 Å². The molecule has 5 nitrogen and oxygen atoms in total. The van der Waals surface area contributed by atoms with E-state index in [1.165, 1.54) is 0 Å². The van der Waals surface area contributed by atoms with Gasteiger partial charge in [0.15, 0.2) is 0 Å². The van der Waals surface area contributed by atoms with Crippen LogP contribution in [0.1, 0.15) is 47.3 Å². The highest BCUT2D eigenvalue weighted by Crippen LogP contribution is 2.18. The molecule has 1 aliphatic carbocycles. The summed E-state index contributed by atoms with van der Waals surface area (Å²) in [6.07, 6.45) is 6.18. The first kappa shape index (κ1) is 13.4. The first-order chi connectivity index (χ1) is 9.74. The van der Waals surface area contributed by atoms with Crippen LogP contribution < -0.4 is 10.9 Å². The van der Waals surface area contributed by atoms with Gasteiger partial charge in [0.05, 0.1) is 6.10 Å². The molecule has 1 aliphatic heterocycles. The molecule has 0 saturated carbocycles. The van der Waals surface area contributed by atoms with E-state index in [4.69, 9.17) is 4.74 Å². The zero-order valence-electron chi connectivity index (χ0n) is 11.5. The van der Waals surface area contributed by atoms with Crippen molar-refractivity contribution in [2.45, 2.75) is 44.6 Å². The molecule has 0 unspecified atom stereocenters. The van der Waals surface area contributed by atoms with Gasteiger partial charge in [-0.2, -0.15) is 0 Å². The molecule has 1 fully saturated rings. The highest BCUT2D eigenvalue weighted by Gasteiger charge is 2.19. The second-order valence-corrected chi connectivity index (χ2v) is 5.57. The van der Waals surface area contributed by atoms with E-state index in [0.29, 0.717) is 6.54 Å². The summed E-state index contributed by atoms with van der Waals surface area (Å²) in [6, 6.07) is 1.76. The molecule has 20 heavy (non-hydrogen) atoms. The maximum atomic E-state index is 12.1. The third-order valence-corrected chi connectivity index (χ3v) is 4.10. The van der Waals surface area contributed by atoms with E-state index in [1.54, 1.807) is 6.07 Å². The van der Waals surface area contributed by atoms with Crippen LogP contribution in [0.5, 0.6) is 0 Å². The molecule has 2 aliphatic rings. The van der Waals surface area contributed by atoms with Gasteiger partial charge in [-0.25, -0.2) is 0 Å². The Kier molecular flexibility index (Phi) is 3.87. The van der Waals surface area contributed by atoms with Gasteiger partial charge in [-0.3, -0.25) is 9.59 Å². The molecule has 0 radical (unpaired) electrons. The van der Waals surface area contributed by atoms with Crippen molar-refractivity contribution in [3.63, 3.8) is 0 Å². The van der Waals surface area contributed by atoms with E-state index in [0.717, 1.165) is 56.4 Å². The van der Waals surface area contributed by atoms with Crippen LogP contribution in [0.2, 0.25) is 0 Å². The number of hydrogen-bond acceptors (Lipinski definition) is 3. The molecule has 3 rings (SSSR count). The smallest absolute Gasteiger partial charge is 0.261 e. The maximum Gasteiger partial charge on any atom is 0.261 e. The third kappa shape index (κ3) is 2.77. The van der Waals surface area contributed by atoms with E-state index in [2.05, 4.69) is 10.3 Å². The van der Waals surface area contributed by atoms with Crippen molar-refractivity contribution in [1.82, 2.24) is 10.3 Å². The highest BCUT2D eigenvalue weighted by atomic mass is 16.5. The van der Waals surface area contributed by atoms with Gasteiger partial charge in [-0.1, -0.05) is 0 Å². The Labute approximate surface area is 117 Å². The Morgan fingerprint density at radius 1 is 1.35 bits per heavy atom. The van der Waals surface area contributed by atoms with Crippen LogP contribution in [0.15, 0.2) is 10.9 Å². The molecule has 108 valence electrons. The minimum absolute atomic E-state index is 0.0932. The number of carbonyl (C=O) groups is 1. The Morgan fingerprint density at radius 3 is 3.00 bits per heavy atom. The second-order valence-electron chi connectivity index (χ2n) is 5.57. The van der Waals surface area contributed by atoms with Gasteiger partial charge in [-0.15, -0.1) is 0 Å². The Morgan fingerprint density at radius 2 is 2.20 bits per heavy atom. The first-order valence-corrected chi connectivity index (χ1v) is 7.39. The summed E-state index contributed by atoms with van der Waals surface area (Å²) < 4.78 is 5.46. The summed E-state index contributed by atoms with van der Waals surface area (Å²) >= 11 is 0. The molecule has 1 aromatic heterocycles. The fourth-order valence-corrected chi connectivity index (χ4v) is 2.95. The first-order valence-electron chi connectivity index (χ1n) is 7.39. The van der Waals surface area contributed by atoms with Crippen LogP contribution >= 0.6 is 0 Å². The van der Waals surface area contributed by atoms with Crippen molar-refractivity contribution in [3.8, 4) is 0 Å². The summed E-state index contributed by atoms with van der Waals surface area (Å²) in [7, 11) is 0. The number of aryl methyl sites for hydroxylation is 2. The lowest BCUT2D eigenvalue weighted by molar-refractivity contribution is 0.0856. The number of ether oxygens (including phenoxy) is 1. The van der Waals surface area contributed by atoms with Gasteiger partial charge >= 0.3 is 0 Å². The van der Waals surface area contributed by atoms with Crippen LogP contribution in [-0.4, -0.2) is 30.1 Å². The number of H-pyrrole nitrogens is 1. The van der Waals surface area contributed by atoms with Crippen LogP contribution in [-0.2, 0) is 17.6 Å². The predicted octanol–water partition coefficient (Wildman–Crippen LogP) is 1.16. The molecule has 0 bridgehead atoms. The number of pyridine rings is 1. The van der Waals surface area contributed by atoms with E-state index in [1.807, 2.05) is 0 Å².